The van der Waals surface area contributed by atoms with E-state index in [0.29, 0.717) is 5.56 Å². The molecule has 78 valence electrons. The standard InChI is InChI=1S/C10H10N2O3/c1-2-15-10(14)12-11-9(13)8-6-4-3-5-7-8/h3-7H,2H2,1H3/b12-11+. The maximum Gasteiger partial charge on any atom is 0.452 e. The van der Waals surface area contributed by atoms with Gasteiger partial charge in [-0.25, -0.2) is 4.79 Å². The number of azo groups is 1. The minimum Gasteiger partial charge on any atom is -0.447 e. The van der Waals surface area contributed by atoms with Crippen LogP contribution in [-0.4, -0.2) is 18.6 Å². The molecule has 0 atom stereocenters. The predicted molar refractivity (Wildman–Crippen MR) is 52.7 cm³/mol. The van der Waals surface area contributed by atoms with Crippen LogP contribution in [0.5, 0.6) is 0 Å². The molecule has 5 heteroatoms. The summed E-state index contributed by atoms with van der Waals surface area (Å²) in [6.45, 7) is 1.85. The van der Waals surface area contributed by atoms with Gasteiger partial charge in [0.05, 0.1) is 6.61 Å². The minimum atomic E-state index is -0.859. The Morgan fingerprint density at radius 3 is 2.47 bits per heavy atom. The van der Waals surface area contributed by atoms with E-state index >= 15 is 0 Å². The molecule has 0 bridgehead atoms. The number of amides is 2. The van der Waals surface area contributed by atoms with Crippen molar-refractivity contribution in [1.29, 1.82) is 0 Å². The Morgan fingerprint density at radius 1 is 1.20 bits per heavy atom. The maximum atomic E-state index is 11.3. The van der Waals surface area contributed by atoms with Gasteiger partial charge in [-0.05, 0) is 19.1 Å². The Kier molecular flexibility index (Phi) is 4.15. The zero-order valence-electron chi connectivity index (χ0n) is 8.21. The van der Waals surface area contributed by atoms with Crippen LogP contribution >= 0.6 is 0 Å². The van der Waals surface area contributed by atoms with E-state index in [2.05, 4.69) is 15.0 Å². The first-order valence-corrected chi connectivity index (χ1v) is 4.42. The zero-order valence-corrected chi connectivity index (χ0v) is 8.21. The van der Waals surface area contributed by atoms with Crippen molar-refractivity contribution in [1.82, 2.24) is 0 Å². The van der Waals surface area contributed by atoms with E-state index in [9.17, 15) is 9.59 Å². The van der Waals surface area contributed by atoms with Gasteiger partial charge in [-0.2, -0.15) is 0 Å². The largest absolute Gasteiger partial charge is 0.452 e. The average Bonchev–Trinajstić information content (AvgIpc) is 2.27. The average molecular weight is 206 g/mol. The molecule has 1 aromatic rings. The fraction of sp³-hybridized carbons (Fsp3) is 0.200. The minimum absolute atomic E-state index is 0.206. The van der Waals surface area contributed by atoms with E-state index in [4.69, 9.17) is 0 Å². The van der Waals surface area contributed by atoms with E-state index in [1.807, 2.05) is 0 Å². The maximum absolute atomic E-state index is 11.3. The molecule has 0 aliphatic carbocycles. The Hall–Kier alpha value is -2.04. The molecule has 0 N–H and O–H groups in total. The summed E-state index contributed by atoms with van der Waals surface area (Å²) < 4.78 is 4.48. The molecule has 0 aliphatic rings. The van der Waals surface area contributed by atoms with Crippen LogP contribution in [-0.2, 0) is 4.74 Å². The molecule has 15 heavy (non-hydrogen) atoms. The van der Waals surface area contributed by atoms with Gasteiger partial charge in [-0.1, -0.05) is 28.4 Å². The topological polar surface area (TPSA) is 68.1 Å². The number of nitrogens with zero attached hydrogens (tertiary/aromatic N) is 2. The number of ether oxygens (including phenoxy) is 1. The molecule has 0 radical (unpaired) electrons. The van der Waals surface area contributed by atoms with Crippen LogP contribution in [0.25, 0.3) is 0 Å². The SMILES string of the molecule is CCOC(=O)/N=N/C(=O)c1ccccc1. The Bertz CT molecular complexity index is 374. The van der Waals surface area contributed by atoms with Gasteiger partial charge in [0.25, 0.3) is 5.91 Å². The van der Waals surface area contributed by atoms with E-state index in [0.717, 1.165) is 0 Å². The van der Waals surface area contributed by atoms with Crippen molar-refractivity contribution >= 4 is 12.0 Å². The lowest BCUT2D eigenvalue weighted by atomic mass is 10.2. The van der Waals surface area contributed by atoms with Crippen LogP contribution in [0, 0.1) is 0 Å². The van der Waals surface area contributed by atoms with Crippen LogP contribution in [0.3, 0.4) is 0 Å². The molecule has 0 fully saturated rings. The van der Waals surface area contributed by atoms with Gasteiger partial charge in [0, 0.05) is 5.56 Å². The fourth-order valence-electron chi connectivity index (χ4n) is 0.877. The van der Waals surface area contributed by atoms with E-state index in [1.54, 1.807) is 37.3 Å². The normalized spacial score (nSPS) is 10.2. The van der Waals surface area contributed by atoms with Crippen molar-refractivity contribution in [2.75, 3.05) is 6.61 Å². The van der Waals surface area contributed by atoms with Crippen molar-refractivity contribution in [3.63, 3.8) is 0 Å². The van der Waals surface area contributed by atoms with Gasteiger partial charge in [0.15, 0.2) is 0 Å². The van der Waals surface area contributed by atoms with Gasteiger partial charge in [-0.3, -0.25) is 4.79 Å². The highest BCUT2D eigenvalue weighted by Crippen LogP contribution is 2.01. The van der Waals surface area contributed by atoms with Gasteiger partial charge >= 0.3 is 6.09 Å². The summed E-state index contributed by atoms with van der Waals surface area (Å²) in [6.07, 6.45) is -0.859. The lowest BCUT2D eigenvalue weighted by Gasteiger charge is -1.93. The van der Waals surface area contributed by atoms with Gasteiger partial charge < -0.3 is 4.74 Å². The van der Waals surface area contributed by atoms with Crippen LogP contribution in [0.4, 0.5) is 4.79 Å². The smallest absolute Gasteiger partial charge is 0.447 e. The molecule has 0 heterocycles. The molecule has 0 aliphatic heterocycles. The summed E-state index contributed by atoms with van der Waals surface area (Å²) in [5.41, 5.74) is 0.380. The number of benzene rings is 1. The molecule has 2 amide bonds. The molecular formula is C10H10N2O3. The first kappa shape index (κ1) is 11.0. The predicted octanol–water partition coefficient (Wildman–Crippen LogP) is 2.44. The van der Waals surface area contributed by atoms with Gasteiger partial charge in [-0.15, -0.1) is 0 Å². The summed E-state index contributed by atoms with van der Waals surface area (Å²) in [4.78, 5) is 22.0. The van der Waals surface area contributed by atoms with E-state index < -0.39 is 12.0 Å². The molecule has 1 aromatic carbocycles. The van der Waals surface area contributed by atoms with Gasteiger partial charge in [0.1, 0.15) is 0 Å². The monoisotopic (exact) mass is 206 g/mol. The second-order valence-electron chi connectivity index (χ2n) is 2.57. The summed E-state index contributed by atoms with van der Waals surface area (Å²) in [7, 11) is 0. The zero-order chi connectivity index (χ0) is 11.1. The highest BCUT2D eigenvalue weighted by atomic mass is 16.5. The van der Waals surface area contributed by atoms with Crippen molar-refractivity contribution in [3.8, 4) is 0 Å². The van der Waals surface area contributed by atoms with Gasteiger partial charge in [0.2, 0.25) is 0 Å². The molecule has 1 rings (SSSR count). The van der Waals surface area contributed by atoms with Crippen LogP contribution < -0.4 is 0 Å². The highest BCUT2D eigenvalue weighted by molar-refractivity contribution is 5.95. The fourth-order valence-corrected chi connectivity index (χ4v) is 0.877. The molecule has 0 aromatic heterocycles. The highest BCUT2D eigenvalue weighted by Gasteiger charge is 2.04. The molecule has 0 saturated carbocycles. The quantitative estimate of drug-likeness (QED) is 0.698. The number of carbonyl (C=O) groups excluding carboxylic acids is 2. The van der Waals surface area contributed by atoms with Crippen molar-refractivity contribution in [2.45, 2.75) is 6.92 Å². The van der Waals surface area contributed by atoms with E-state index in [-0.39, 0.29) is 6.61 Å². The molecule has 0 saturated heterocycles. The first-order chi connectivity index (χ1) is 7.24. The van der Waals surface area contributed by atoms with Crippen molar-refractivity contribution < 1.29 is 14.3 Å². The Balaban J connectivity index is 2.60. The third-order valence-corrected chi connectivity index (χ3v) is 1.51. The van der Waals surface area contributed by atoms with Crippen molar-refractivity contribution in [3.05, 3.63) is 35.9 Å². The molecular weight excluding hydrogens is 196 g/mol. The second kappa shape index (κ2) is 5.64. The molecule has 5 nitrogen and oxygen atoms in total. The third kappa shape index (κ3) is 3.68. The van der Waals surface area contributed by atoms with Crippen LogP contribution in [0.15, 0.2) is 40.6 Å². The molecule has 0 unspecified atom stereocenters. The lowest BCUT2D eigenvalue weighted by Crippen LogP contribution is -1.99. The summed E-state index contributed by atoms with van der Waals surface area (Å²) in [5.74, 6) is -0.566. The van der Waals surface area contributed by atoms with E-state index in [1.165, 1.54) is 0 Å². The Morgan fingerprint density at radius 2 is 1.87 bits per heavy atom. The number of rotatable bonds is 2. The summed E-state index contributed by atoms with van der Waals surface area (Å²) in [6, 6.07) is 8.36. The second-order valence-corrected chi connectivity index (χ2v) is 2.57. The lowest BCUT2D eigenvalue weighted by molar-refractivity contribution is 0.0988. The van der Waals surface area contributed by atoms with Crippen LogP contribution in [0.1, 0.15) is 17.3 Å². The number of hydrogen-bond donors (Lipinski definition) is 0. The van der Waals surface area contributed by atoms with Crippen molar-refractivity contribution in [2.24, 2.45) is 10.2 Å². The first-order valence-electron chi connectivity index (χ1n) is 4.42. The van der Waals surface area contributed by atoms with Crippen LogP contribution in [0.2, 0.25) is 0 Å². The number of hydrogen-bond acceptors (Lipinski definition) is 3. The molecule has 0 spiro atoms. The Labute approximate surface area is 86.8 Å². The third-order valence-electron chi connectivity index (χ3n) is 1.51. The number of carbonyl (C=O) groups is 2. The summed E-state index contributed by atoms with van der Waals surface area (Å²) in [5, 5.41) is 6.33. The summed E-state index contributed by atoms with van der Waals surface area (Å²) >= 11 is 0.